The monoisotopic (exact) mass is 293 g/mol. The number of aromatic nitrogens is 2. The number of nitrogens with one attached hydrogen (secondary N) is 1. The van der Waals surface area contributed by atoms with Gasteiger partial charge in [-0.2, -0.15) is 0 Å². The van der Waals surface area contributed by atoms with Gasteiger partial charge in [-0.15, -0.1) is 0 Å². The number of anilines is 1. The van der Waals surface area contributed by atoms with Gasteiger partial charge in [-0.05, 0) is 37.0 Å². The summed E-state index contributed by atoms with van der Waals surface area (Å²) in [5.74, 6) is 0.996. The molecule has 0 bridgehead atoms. The zero-order chi connectivity index (χ0) is 15.2. The summed E-state index contributed by atoms with van der Waals surface area (Å²) in [5.41, 5.74) is 3.69. The highest BCUT2D eigenvalue weighted by atomic mass is 15.2. The van der Waals surface area contributed by atoms with Crippen LogP contribution in [0.2, 0.25) is 0 Å². The summed E-state index contributed by atoms with van der Waals surface area (Å²) in [6.07, 6.45) is 3.32. The van der Waals surface area contributed by atoms with Gasteiger partial charge in [-0.25, -0.2) is 4.98 Å². The first-order chi connectivity index (χ1) is 10.9. The minimum Gasteiger partial charge on any atom is -0.356 e. The lowest BCUT2D eigenvalue weighted by Gasteiger charge is -2.10. The van der Waals surface area contributed by atoms with E-state index < -0.39 is 0 Å². The van der Waals surface area contributed by atoms with Gasteiger partial charge in [0.05, 0.1) is 11.0 Å². The first-order valence-electron chi connectivity index (χ1n) is 8.11. The summed E-state index contributed by atoms with van der Waals surface area (Å²) in [6, 6.07) is 19.0. The van der Waals surface area contributed by atoms with Crippen LogP contribution in [0.5, 0.6) is 0 Å². The van der Waals surface area contributed by atoms with E-state index in [9.17, 15) is 0 Å². The molecule has 3 rings (SSSR count). The third-order valence-corrected chi connectivity index (χ3v) is 3.88. The fourth-order valence-electron chi connectivity index (χ4n) is 2.76. The van der Waals surface area contributed by atoms with Gasteiger partial charge in [-0.1, -0.05) is 49.4 Å². The molecule has 0 atom stereocenters. The summed E-state index contributed by atoms with van der Waals surface area (Å²) >= 11 is 0. The maximum Gasteiger partial charge on any atom is 0.203 e. The maximum absolute atomic E-state index is 4.73. The minimum absolute atomic E-state index is 0.960. The Balaban J connectivity index is 1.76. The number of hydrogen-bond donors (Lipinski definition) is 1. The Labute approximate surface area is 132 Å². The molecule has 0 spiro atoms. The quantitative estimate of drug-likeness (QED) is 0.695. The summed E-state index contributed by atoms with van der Waals surface area (Å²) in [7, 11) is 0. The number of hydrogen-bond acceptors (Lipinski definition) is 2. The van der Waals surface area contributed by atoms with Crippen molar-refractivity contribution < 1.29 is 0 Å². The second-order valence-electron chi connectivity index (χ2n) is 5.59. The van der Waals surface area contributed by atoms with E-state index in [4.69, 9.17) is 4.98 Å². The standard InChI is InChI=1S/C19H23N3/c1-2-14-20-19-21-17-12-6-7-13-18(17)22(19)15-8-11-16-9-4-3-5-10-16/h3-7,9-10,12-13H,2,8,11,14-15H2,1H3,(H,20,21). The molecule has 0 aliphatic heterocycles. The van der Waals surface area contributed by atoms with Gasteiger partial charge in [-0.3, -0.25) is 0 Å². The number of para-hydroxylation sites is 2. The Kier molecular flexibility index (Phi) is 4.74. The van der Waals surface area contributed by atoms with Crippen LogP contribution in [0.15, 0.2) is 54.6 Å². The van der Waals surface area contributed by atoms with Gasteiger partial charge in [0.1, 0.15) is 0 Å². The van der Waals surface area contributed by atoms with Crippen molar-refractivity contribution in [1.82, 2.24) is 9.55 Å². The van der Waals surface area contributed by atoms with Crippen molar-refractivity contribution in [2.24, 2.45) is 0 Å². The van der Waals surface area contributed by atoms with E-state index in [1.54, 1.807) is 0 Å². The molecule has 2 aromatic carbocycles. The van der Waals surface area contributed by atoms with Gasteiger partial charge < -0.3 is 9.88 Å². The Bertz CT molecular complexity index is 716. The third-order valence-electron chi connectivity index (χ3n) is 3.88. The molecule has 1 aromatic heterocycles. The summed E-state index contributed by atoms with van der Waals surface area (Å²) < 4.78 is 2.31. The largest absolute Gasteiger partial charge is 0.356 e. The van der Waals surface area contributed by atoms with E-state index in [1.807, 2.05) is 6.07 Å². The predicted molar refractivity (Wildman–Crippen MR) is 93.3 cm³/mol. The van der Waals surface area contributed by atoms with Crippen LogP contribution >= 0.6 is 0 Å². The van der Waals surface area contributed by atoms with Crippen molar-refractivity contribution in [3.8, 4) is 0 Å². The van der Waals surface area contributed by atoms with E-state index in [-0.39, 0.29) is 0 Å². The zero-order valence-corrected chi connectivity index (χ0v) is 13.1. The van der Waals surface area contributed by atoms with E-state index in [1.165, 1.54) is 11.1 Å². The Morgan fingerprint density at radius 3 is 2.59 bits per heavy atom. The van der Waals surface area contributed by atoms with Gasteiger partial charge in [0.25, 0.3) is 0 Å². The molecular formula is C19H23N3. The van der Waals surface area contributed by atoms with Crippen molar-refractivity contribution in [1.29, 1.82) is 0 Å². The third kappa shape index (κ3) is 3.30. The average Bonchev–Trinajstić information content (AvgIpc) is 2.92. The van der Waals surface area contributed by atoms with Crippen molar-refractivity contribution in [3.05, 3.63) is 60.2 Å². The molecule has 0 unspecified atom stereocenters. The molecule has 3 nitrogen and oxygen atoms in total. The van der Waals surface area contributed by atoms with Crippen LogP contribution in [-0.2, 0) is 13.0 Å². The molecule has 0 aliphatic rings. The Morgan fingerprint density at radius 2 is 1.77 bits per heavy atom. The SMILES string of the molecule is CCCNc1nc2ccccc2n1CCCc1ccccc1. The highest BCUT2D eigenvalue weighted by molar-refractivity contribution is 5.78. The normalized spacial score (nSPS) is 11.0. The Hall–Kier alpha value is -2.29. The van der Waals surface area contributed by atoms with Crippen molar-refractivity contribution in [2.45, 2.75) is 32.7 Å². The number of imidazole rings is 1. The average molecular weight is 293 g/mol. The molecule has 3 heteroatoms. The van der Waals surface area contributed by atoms with Gasteiger partial charge in [0.2, 0.25) is 5.95 Å². The zero-order valence-electron chi connectivity index (χ0n) is 13.1. The van der Waals surface area contributed by atoms with Crippen LogP contribution in [-0.4, -0.2) is 16.1 Å². The molecule has 0 saturated carbocycles. The van der Waals surface area contributed by atoms with Gasteiger partial charge in [0, 0.05) is 13.1 Å². The van der Waals surface area contributed by atoms with Gasteiger partial charge in [0.15, 0.2) is 0 Å². The number of aryl methyl sites for hydroxylation is 2. The Morgan fingerprint density at radius 1 is 1.00 bits per heavy atom. The van der Waals surface area contributed by atoms with E-state index >= 15 is 0 Å². The molecule has 0 saturated heterocycles. The van der Waals surface area contributed by atoms with Crippen LogP contribution in [0.3, 0.4) is 0 Å². The molecule has 0 aliphatic carbocycles. The lowest BCUT2D eigenvalue weighted by atomic mass is 10.1. The van der Waals surface area contributed by atoms with Crippen LogP contribution in [0.4, 0.5) is 5.95 Å². The lowest BCUT2D eigenvalue weighted by molar-refractivity contribution is 0.660. The second-order valence-corrected chi connectivity index (χ2v) is 5.59. The molecule has 0 amide bonds. The summed E-state index contributed by atoms with van der Waals surface area (Å²) in [6.45, 7) is 4.12. The topological polar surface area (TPSA) is 29.9 Å². The van der Waals surface area contributed by atoms with Gasteiger partial charge >= 0.3 is 0 Å². The molecular weight excluding hydrogens is 270 g/mol. The van der Waals surface area contributed by atoms with E-state index in [0.29, 0.717) is 0 Å². The number of rotatable bonds is 7. The molecule has 1 heterocycles. The summed E-state index contributed by atoms with van der Waals surface area (Å²) in [5, 5.41) is 3.45. The molecule has 1 N–H and O–H groups in total. The molecule has 3 aromatic rings. The second kappa shape index (κ2) is 7.12. The molecule has 22 heavy (non-hydrogen) atoms. The van der Waals surface area contributed by atoms with Crippen LogP contribution in [0.25, 0.3) is 11.0 Å². The summed E-state index contributed by atoms with van der Waals surface area (Å²) in [4.78, 5) is 4.73. The smallest absolute Gasteiger partial charge is 0.203 e. The van der Waals surface area contributed by atoms with Crippen LogP contribution in [0.1, 0.15) is 25.3 Å². The van der Waals surface area contributed by atoms with Crippen molar-refractivity contribution in [2.75, 3.05) is 11.9 Å². The minimum atomic E-state index is 0.960. The lowest BCUT2D eigenvalue weighted by Crippen LogP contribution is -2.09. The molecule has 0 radical (unpaired) electrons. The highest BCUT2D eigenvalue weighted by Gasteiger charge is 2.09. The number of benzene rings is 2. The molecule has 0 fully saturated rings. The van der Waals surface area contributed by atoms with Crippen molar-refractivity contribution >= 4 is 17.0 Å². The van der Waals surface area contributed by atoms with Crippen LogP contribution < -0.4 is 5.32 Å². The fourth-order valence-corrected chi connectivity index (χ4v) is 2.76. The maximum atomic E-state index is 4.73. The first-order valence-corrected chi connectivity index (χ1v) is 8.11. The first kappa shape index (κ1) is 14.6. The number of nitrogens with zero attached hydrogens (tertiary/aromatic N) is 2. The number of fused-ring (bicyclic) bond motifs is 1. The van der Waals surface area contributed by atoms with Crippen molar-refractivity contribution in [3.63, 3.8) is 0 Å². The van der Waals surface area contributed by atoms with Crippen LogP contribution in [0, 0.1) is 0 Å². The molecule has 114 valence electrons. The fraction of sp³-hybridized carbons (Fsp3) is 0.316. The van der Waals surface area contributed by atoms with E-state index in [2.05, 4.69) is 65.3 Å². The highest BCUT2D eigenvalue weighted by Crippen LogP contribution is 2.20. The van der Waals surface area contributed by atoms with E-state index in [0.717, 1.165) is 43.8 Å². The predicted octanol–water partition coefficient (Wildman–Crippen LogP) is 4.49.